The van der Waals surface area contributed by atoms with Crippen LogP contribution in [-0.4, -0.2) is 0 Å². The zero-order chi connectivity index (χ0) is 10.7. The summed E-state index contributed by atoms with van der Waals surface area (Å²) in [6.07, 6.45) is 4.65. The van der Waals surface area contributed by atoms with Crippen molar-refractivity contribution < 1.29 is 0 Å². The Hall–Kier alpha value is -1.07. The van der Waals surface area contributed by atoms with E-state index in [0.29, 0.717) is 0 Å². The average Bonchev–Trinajstić information content (AvgIpc) is 2.72. The molecule has 0 aliphatic heterocycles. The van der Waals surface area contributed by atoms with Crippen LogP contribution in [0, 0.1) is 11.3 Å². The third kappa shape index (κ3) is 2.30. The van der Waals surface area contributed by atoms with Crippen LogP contribution in [0.2, 0.25) is 0 Å². The fraction of sp³-hybridized carbons (Fsp3) is 0.308. The normalized spacial score (nSPS) is 15.1. The average molecular weight is 262 g/mol. The van der Waals surface area contributed by atoms with Gasteiger partial charge in [-0.05, 0) is 43.4 Å². The van der Waals surface area contributed by atoms with Crippen molar-refractivity contribution in [3.05, 3.63) is 39.9 Å². The van der Waals surface area contributed by atoms with Crippen LogP contribution in [0.5, 0.6) is 0 Å². The first-order valence-corrected chi connectivity index (χ1v) is 5.98. The summed E-state index contributed by atoms with van der Waals surface area (Å²) in [6, 6.07) is 10.3. The van der Waals surface area contributed by atoms with Crippen molar-refractivity contribution in [2.45, 2.75) is 25.7 Å². The van der Waals surface area contributed by atoms with Crippen LogP contribution in [0.25, 0.3) is 5.57 Å². The van der Waals surface area contributed by atoms with Gasteiger partial charge in [0.1, 0.15) is 0 Å². The van der Waals surface area contributed by atoms with Gasteiger partial charge in [0.05, 0.1) is 11.6 Å². The quantitative estimate of drug-likeness (QED) is 0.692. The van der Waals surface area contributed by atoms with Crippen molar-refractivity contribution in [1.82, 2.24) is 0 Å². The molecule has 0 heterocycles. The van der Waals surface area contributed by atoms with Crippen LogP contribution in [0.15, 0.2) is 34.3 Å². The van der Waals surface area contributed by atoms with Crippen molar-refractivity contribution in [3.8, 4) is 6.07 Å². The maximum atomic E-state index is 9.21. The smallest absolute Gasteiger partial charge is 0.0997 e. The zero-order valence-corrected chi connectivity index (χ0v) is 10.0. The molecule has 0 bridgehead atoms. The Kier molecular flexibility index (Phi) is 3.23. The molecule has 1 aliphatic carbocycles. The molecule has 0 spiro atoms. The molecule has 1 fully saturated rings. The Bertz CT molecular complexity index is 432. The molecule has 1 nitrogen and oxygen atoms in total. The van der Waals surface area contributed by atoms with Crippen molar-refractivity contribution in [1.29, 1.82) is 5.26 Å². The fourth-order valence-corrected chi connectivity index (χ4v) is 2.44. The van der Waals surface area contributed by atoms with Crippen molar-refractivity contribution in [2.75, 3.05) is 0 Å². The molecule has 0 unspecified atom stereocenters. The van der Waals surface area contributed by atoms with E-state index >= 15 is 0 Å². The monoisotopic (exact) mass is 261 g/mol. The van der Waals surface area contributed by atoms with Crippen molar-refractivity contribution in [3.63, 3.8) is 0 Å². The van der Waals surface area contributed by atoms with E-state index in [1.807, 2.05) is 24.3 Å². The lowest BCUT2D eigenvalue weighted by molar-refractivity contribution is 0.886. The van der Waals surface area contributed by atoms with Crippen molar-refractivity contribution in [2.24, 2.45) is 0 Å². The van der Waals surface area contributed by atoms with Gasteiger partial charge in [-0.1, -0.05) is 33.6 Å². The first kappa shape index (κ1) is 10.4. The molecule has 15 heavy (non-hydrogen) atoms. The Morgan fingerprint density at radius 3 is 2.60 bits per heavy atom. The van der Waals surface area contributed by atoms with E-state index in [4.69, 9.17) is 0 Å². The summed E-state index contributed by atoms with van der Waals surface area (Å²) >= 11 is 3.44. The molecule has 1 saturated carbocycles. The van der Waals surface area contributed by atoms with Gasteiger partial charge in [-0.25, -0.2) is 0 Å². The van der Waals surface area contributed by atoms with Gasteiger partial charge in [-0.2, -0.15) is 5.26 Å². The molecule has 1 aromatic rings. The highest BCUT2D eigenvalue weighted by molar-refractivity contribution is 9.10. The first-order chi connectivity index (χ1) is 7.31. The second kappa shape index (κ2) is 4.63. The zero-order valence-electron chi connectivity index (χ0n) is 8.46. The standard InChI is InChI=1S/C13H12BrN/c14-12-7-3-6-11(8-12)13(9-15)10-4-1-2-5-10/h3,6-8H,1-2,4-5H2. The molecule has 0 atom stereocenters. The molecule has 0 saturated heterocycles. The van der Waals surface area contributed by atoms with E-state index in [1.165, 1.54) is 18.4 Å². The highest BCUT2D eigenvalue weighted by Gasteiger charge is 2.13. The van der Waals surface area contributed by atoms with Gasteiger partial charge in [-0.15, -0.1) is 0 Å². The van der Waals surface area contributed by atoms with Crippen LogP contribution in [0.4, 0.5) is 0 Å². The number of hydrogen-bond acceptors (Lipinski definition) is 1. The maximum Gasteiger partial charge on any atom is 0.0997 e. The summed E-state index contributed by atoms with van der Waals surface area (Å²) in [4.78, 5) is 0. The molecule has 2 heteroatoms. The van der Waals surface area contributed by atoms with Gasteiger partial charge in [-0.3, -0.25) is 0 Å². The first-order valence-electron chi connectivity index (χ1n) is 5.19. The molecule has 0 amide bonds. The predicted molar refractivity (Wildman–Crippen MR) is 65.1 cm³/mol. The summed E-state index contributed by atoms with van der Waals surface area (Å²) < 4.78 is 1.03. The summed E-state index contributed by atoms with van der Waals surface area (Å²) in [5.41, 5.74) is 3.26. The highest BCUT2D eigenvalue weighted by atomic mass is 79.9. The largest absolute Gasteiger partial charge is 0.192 e. The van der Waals surface area contributed by atoms with Gasteiger partial charge < -0.3 is 0 Å². The third-order valence-corrected chi connectivity index (χ3v) is 3.28. The lowest BCUT2D eigenvalue weighted by Crippen LogP contribution is -1.86. The third-order valence-electron chi connectivity index (χ3n) is 2.79. The maximum absolute atomic E-state index is 9.21. The molecule has 0 aromatic heterocycles. The molecule has 1 aromatic carbocycles. The Balaban J connectivity index is 2.44. The van der Waals surface area contributed by atoms with E-state index in [9.17, 15) is 5.26 Å². The minimum atomic E-state index is 0.883. The van der Waals surface area contributed by atoms with E-state index in [2.05, 4.69) is 22.0 Å². The van der Waals surface area contributed by atoms with Gasteiger partial charge in [0.2, 0.25) is 0 Å². The number of halogens is 1. The number of allylic oxidation sites excluding steroid dienone is 2. The fourth-order valence-electron chi connectivity index (χ4n) is 2.04. The predicted octanol–water partition coefficient (Wildman–Crippen LogP) is 4.30. The molecular weight excluding hydrogens is 250 g/mol. The topological polar surface area (TPSA) is 23.8 Å². The van der Waals surface area contributed by atoms with E-state index in [1.54, 1.807) is 0 Å². The Morgan fingerprint density at radius 1 is 1.27 bits per heavy atom. The minimum absolute atomic E-state index is 0.883. The second-order valence-corrected chi connectivity index (χ2v) is 4.72. The Morgan fingerprint density at radius 2 is 2.00 bits per heavy atom. The summed E-state index contributed by atoms with van der Waals surface area (Å²) in [5.74, 6) is 0. The van der Waals surface area contributed by atoms with Gasteiger partial charge in [0, 0.05) is 4.47 Å². The SMILES string of the molecule is N#CC(=C1CCCC1)c1cccc(Br)c1. The van der Waals surface area contributed by atoms with Crippen LogP contribution >= 0.6 is 15.9 Å². The summed E-state index contributed by atoms with van der Waals surface area (Å²) in [7, 11) is 0. The van der Waals surface area contributed by atoms with Gasteiger partial charge in [0.15, 0.2) is 0 Å². The molecule has 2 rings (SSSR count). The van der Waals surface area contributed by atoms with E-state index in [-0.39, 0.29) is 0 Å². The molecule has 0 N–H and O–H groups in total. The van der Waals surface area contributed by atoms with Crippen LogP contribution in [0.1, 0.15) is 31.2 Å². The minimum Gasteiger partial charge on any atom is -0.192 e. The summed E-state index contributed by atoms with van der Waals surface area (Å²) in [6.45, 7) is 0. The Labute approximate surface area is 98.6 Å². The summed E-state index contributed by atoms with van der Waals surface area (Å²) in [5, 5.41) is 9.21. The van der Waals surface area contributed by atoms with Crippen molar-refractivity contribution >= 4 is 21.5 Å². The molecular formula is C13H12BrN. The van der Waals surface area contributed by atoms with Crippen LogP contribution in [0.3, 0.4) is 0 Å². The lowest BCUT2D eigenvalue weighted by atomic mass is 10.0. The van der Waals surface area contributed by atoms with Gasteiger partial charge in [0.25, 0.3) is 0 Å². The number of hydrogen-bond donors (Lipinski definition) is 0. The van der Waals surface area contributed by atoms with Crippen LogP contribution < -0.4 is 0 Å². The van der Waals surface area contributed by atoms with E-state index < -0.39 is 0 Å². The molecule has 0 radical (unpaired) electrons. The van der Waals surface area contributed by atoms with Crippen LogP contribution in [-0.2, 0) is 0 Å². The number of nitriles is 1. The second-order valence-electron chi connectivity index (χ2n) is 3.81. The number of nitrogens with zero attached hydrogens (tertiary/aromatic N) is 1. The molecule has 76 valence electrons. The molecule has 1 aliphatic rings. The van der Waals surface area contributed by atoms with Gasteiger partial charge >= 0.3 is 0 Å². The highest BCUT2D eigenvalue weighted by Crippen LogP contribution is 2.32. The number of benzene rings is 1. The van der Waals surface area contributed by atoms with E-state index in [0.717, 1.165) is 28.5 Å². The lowest BCUT2D eigenvalue weighted by Gasteiger charge is -2.04. The number of rotatable bonds is 1.